The molecule has 2 N–H and O–H groups in total. The van der Waals surface area contributed by atoms with Gasteiger partial charge in [-0.15, -0.1) is 0 Å². The Morgan fingerprint density at radius 2 is 1.58 bits per heavy atom. The molecule has 3 nitrogen and oxygen atoms in total. The Hall–Kier alpha value is -3.33. The van der Waals surface area contributed by atoms with Gasteiger partial charge in [-0.1, -0.05) is 66.7 Å². The van der Waals surface area contributed by atoms with Gasteiger partial charge in [0.05, 0.1) is 0 Å². The van der Waals surface area contributed by atoms with E-state index in [1.807, 2.05) is 72.9 Å². The molecular formula is C23H20N2O. The molecule has 0 atom stereocenters. The summed E-state index contributed by atoms with van der Waals surface area (Å²) in [7, 11) is 0. The number of hydrogen-bond acceptors (Lipinski definition) is 1. The van der Waals surface area contributed by atoms with E-state index in [4.69, 9.17) is 0 Å². The zero-order valence-electron chi connectivity index (χ0n) is 14.4. The van der Waals surface area contributed by atoms with E-state index in [9.17, 15) is 4.79 Å². The second-order valence-electron chi connectivity index (χ2n) is 6.28. The second-order valence-corrected chi connectivity index (χ2v) is 6.28. The molecule has 128 valence electrons. The van der Waals surface area contributed by atoms with E-state index in [0.717, 1.165) is 23.1 Å². The summed E-state index contributed by atoms with van der Waals surface area (Å²) >= 11 is 0. The molecule has 3 heteroatoms. The lowest BCUT2D eigenvalue weighted by atomic mass is 9.99. The third kappa shape index (κ3) is 3.24. The van der Waals surface area contributed by atoms with Crippen molar-refractivity contribution in [2.24, 2.45) is 0 Å². The molecule has 3 aromatic carbocycles. The van der Waals surface area contributed by atoms with Gasteiger partial charge in [-0.3, -0.25) is 4.79 Å². The number of benzene rings is 3. The Morgan fingerprint density at radius 1 is 0.846 bits per heavy atom. The van der Waals surface area contributed by atoms with Crippen molar-refractivity contribution in [1.29, 1.82) is 0 Å². The number of para-hydroxylation sites is 1. The van der Waals surface area contributed by atoms with Crippen LogP contribution in [0.5, 0.6) is 0 Å². The summed E-state index contributed by atoms with van der Waals surface area (Å²) < 4.78 is 0. The number of nitrogens with one attached hydrogen (secondary N) is 2. The third-order valence-corrected chi connectivity index (χ3v) is 4.61. The molecule has 1 aromatic heterocycles. The normalized spacial score (nSPS) is 10.8. The average Bonchev–Trinajstić information content (AvgIpc) is 3.12. The van der Waals surface area contributed by atoms with Crippen molar-refractivity contribution in [3.05, 3.63) is 96.2 Å². The van der Waals surface area contributed by atoms with E-state index in [1.165, 1.54) is 10.9 Å². The molecule has 26 heavy (non-hydrogen) atoms. The topological polar surface area (TPSA) is 44.9 Å². The van der Waals surface area contributed by atoms with Crippen molar-refractivity contribution >= 4 is 16.8 Å². The molecule has 0 saturated heterocycles. The fourth-order valence-corrected chi connectivity index (χ4v) is 3.29. The molecule has 0 spiro atoms. The minimum atomic E-state index is -0.0377. The maximum absolute atomic E-state index is 12.7. The van der Waals surface area contributed by atoms with Crippen LogP contribution in [0.1, 0.15) is 15.9 Å². The van der Waals surface area contributed by atoms with E-state index in [0.29, 0.717) is 12.1 Å². The van der Waals surface area contributed by atoms with Gasteiger partial charge >= 0.3 is 0 Å². The minimum Gasteiger partial charge on any atom is -0.361 e. The van der Waals surface area contributed by atoms with Crippen LogP contribution in [0.3, 0.4) is 0 Å². The SMILES string of the molecule is O=C(NCCc1c[nH]c2ccccc12)c1ccccc1-c1ccccc1. The number of rotatable bonds is 5. The Morgan fingerprint density at radius 3 is 2.46 bits per heavy atom. The molecule has 0 aliphatic carbocycles. The number of aromatic nitrogens is 1. The molecule has 4 aromatic rings. The molecule has 0 unspecified atom stereocenters. The lowest BCUT2D eigenvalue weighted by Gasteiger charge is -2.10. The first kappa shape index (κ1) is 16.2. The van der Waals surface area contributed by atoms with Gasteiger partial charge in [0.15, 0.2) is 0 Å². The van der Waals surface area contributed by atoms with Gasteiger partial charge in [-0.25, -0.2) is 0 Å². The van der Waals surface area contributed by atoms with Gasteiger partial charge in [-0.05, 0) is 35.2 Å². The standard InChI is InChI=1S/C23H20N2O/c26-23(21-12-5-4-10-19(21)17-8-2-1-3-9-17)24-15-14-18-16-25-22-13-7-6-11-20(18)22/h1-13,16,25H,14-15H2,(H,24,26). The molecule has 4 rings (SSSR count). The van der Waals surface area contributed by atoms with Crippen LogP contribution in [0.25, 0.3) is 22.0 Å². The van der Waals surface area contributed by atoms with Crippen LogP contribution in [0.2, 0.25) is 0 Å². The minimum absolute atomic E-state index is 0.0377. The lowest BCUT2D eigenvalue weighted by molar-refractivity contribution is 0.0955. The van der Waals surface area contributed by atoms with E-state index >= 15 is 0 Å². The molecule has 1 amide bonds. The first-order valence-electron chi connectivity index (χ1n) is 8.80. The van der Waals surface area contributed by atoms with Gasteiger partial charge in [0, 0.05) is 29.2 Å². The Balaban J connectivity index is 1.48. The van der Waals surface area contributed by atoms with Crippen molar-refractivity contribution in [1.82, 2.24) is 10.3 Å². The molecule has 0 fully saturated rings. The highest BCUT2D eigenvalue weighted by Gasteiger charge is 2.12. The van der Waals surface area contributed by atoms with E-state index in [2.05, 4.69) is 22.4 Å². The predicted molar refractivity (Wildman–Crippen MR) is 106 cm³/mol. The smallest absolute Gasteiger partial charge is 0.251 e. The largest absolute Gasteiger partial charge is 0.361 e. The van der Waals surface area contributed by atoms with Crippen molar-refractivity contribution in [2.75, 3.05) is 6.54 Å². The summed E-state index contributed by atoms with van der Waals surface area (Å²) in [5, 5.41) is 4.27. The Kier molecular flexibility index (Phi) is 4.52. The monoisotopic (exact) mass is 340 g/mol. The number of hydrogen-bond donors (Lipinski definition) is 2. The Labute approximate surface area is 152 Å². The molecule has 0 bridgehead atoms. The average molecular weight is 340 g/mol. The van der Waals surface area contributed by atoms with Crippen LogP contribution in [0, 0.1) is 0 Å². The molecule has 0 radical (unpaired) electrons. The van der Waals surface area contributed by atoms with E-state index in [1.54, 1.807) is 0 Å². The van der Waals surface area contributed by atoms with Crippen LogP contribution in [0.4, 0.5) is 0 Å². The molecule has 0 aliphatic heterocycles. The summed E-state index contributed by atoms with van der Waals surface area (Å²) in [4.78, 5) is 16.0. The summed E-state index contributed by atoms with van der Waals surface area (Å²) in [5.74, 6) is -0.0377. The van der Waals surface area contributed by atoms with Crippen LogP contribution < -0.4 is 5.32 Å². The number of fused-ring (bicyclic) bond motifs is 1. The van der Waals surface area contributed by atoms with Gasteiger partial charge < -0.3 is 10.3 Å². The molecule has 0 aliphatic rings. The first-order chi connectivity index (χ1) is 12.8. The Bertz CT molecular complexity index is 1030. The van der Waals surface area contributed by atoms with Gasteiger partial charge in [-0.2, -0.15) is 0 Å². The molecule has 1 heterocycles. The van der Waals surface area contributed by atoms with Gasteiger partial charge in [0.25, 0.3) is 5.91 Å². The van der Waals surface area contributed by atoms with E-state index < -0.39 is 0 Å². The highest BCUT2D eigenvalue weighted by molar-refractivity contribution is 6.00. The predicted octanol–water partition coefficient (Wildman–Crippen LogP) is 4.81. The maximum Gasteiger partial charge on any atom is 0.251 e. The first-order valence-corrected chi connectivity index (χ1v) is 8.80. The lowest BCUT2D eigenvalue weighted by Crippen LogP contribution is -2.26. The second kappa shape index (κ2) is 7.28. The quantitative estimate of drug-likeness (QED) is 0.538. The number of carbonyl (C=O) groups is 1. The summed E-state index contributed by atoms with van der Waals surface area (Å²) in [5.41, 5.74) is 5.06. The summed E-state index contributed by atoms with van der Waals surface area (Å²) in [6, 6.07) is 26.0. The zero-order valence-corrected chi connectivity index (χ0v) is 14.4. The van der Waals surface area contributed by atoms with Crippen LogP contribution in [-0.4, -0.2) is 17.4 Å². The number of amides is 1. The maximum atomic E-state index is 12.7. The number of aromatic amines is 1. The fourth-order valence-electron chi connectivity index (χ4n) is 3.29. The summed E-state index contributed by atoms with van der Waals surface area (Å²) in [6.45, 7) is 0.601. The fraction of sp³-hybridized carbons (Fsp3) is 0.0870. The number of H-pyrrole nitrogens is 1. The van der Waals surface area contributed by atoms with Crippen molar-refractivity contribution < 1.29 is 4.79 Å². The van der Waals surface area contributed by atoms with Gasteiger partial charge in [0.2, 0.25) is 0 Å². The third-order valence-electron chi connectivity index (χ3n) is 4.61. The van der Waals surface area contributed by atoms with E-state index in [-0.39, 0.29) is 5.91 Å². The number of carbonyl (C=O) groups excluding carboxylic acids is 1. The van der Waals surface area contributed by atoms with Crippen LogP contribution >= 0.6 is 0 Å². The summed E-state index contributed by atoms with van der Waals surface area (Å²) in [6.07, 6.45) is 2.82. The van der Waals surface area contributed by atoms with Crippen LogP contribution in [-0.2, 0) is 6.42 Å². The highest BCUT2D eigenvalue weighted by Crippen LogP contribution is 2.23. The highest BCUT2D eigenvalue weighted by atomic mass is 16.1. The zero-order chi connectivity index (χ0) is 17.8. The van der Waals surface area contributed by atoms with Gasteiger partial charge in [0.1, 0.15) is 0 Å². The molecular weight excluding hydrogens is 320 g/mol. The van der Waals surface area contributed by atoms with Crippen molar-refractivity contribution in [3.63, 3.8) is 0 Å². The van der Waals surface area contributed by atoms with Crippen LogP contribution in [0.15, 0.2) is 85.1 Å². The van der Waals surface area contributed by atoms with Crippen molar-refractivity contribution in [2.45, 2.75) is 6.42 Å². The molecule has 0 saturated carbocycles. The van der Waals surface area contributed by atoms with Crippen molar-refractivity contribution in [3.8, 4) is 11.1 Å².